The van der Waals surface area contributed by atoms with Crippen LogP contribution in [-0.2, 0) is 4.74 Å². The number of hydrogen-bond acceptors (Lipinski definition) is 1. The van der Waals surface area contributed by atoms with Gasteiger partial charge in [-0.05, 0) is 31.6 Å². The van der Waals surface area contributed by atoms with Gasteiger partial charge in [0.15, 0.2) is 0 Å². The van der Waals surface area contributed by atoms with Crippen molar-refractivity contribution in [3.63, 3.8) is 0 Å². The minimum Gasteiger partial charge on any atom is -0.375 e. The molecule has 2 saturated heterocycles. The van der Waals surface area contributed by atoms with Crippen LogP contribution in [0.15, 0.2) is 0 Å². The summed E-state index contributed by atoms with van der Waals surface area (Å²) in [6.45, 7) is 2.27. The fourth-order valence-electron chi connectivity index (χ4n) is 2.42. The molecule has 0 unspecified atom stereocenters. The van der Waals surface area contributed by atoms with Gasteiger partial charge in [-0.2, -0.15) is 0 Å². The number of fused-ring (bicyclic) bond motifs is 2. The molecule has 2 heterocycles. The van der Waals surface area contributed by atoms with Gasteiger partial charge in [0.2, 0.25) is 0 Å². The van der Waals surface area contributed by atoms with E-state index in [4.69, 9.17) is 4.74 Å². The number of rotatable bonds is 2. The van der Waals surface area contributed by atoms with E-state index in [0.29, 0.717) is 12.2 Å². The summed E-state index contributed by atoms with van der Waals surface area (Å²) in [5.74, 6) is 0.920. The third kappa shape index (κ3) is 0.968. The molecule has 3 atom stereocenters. The van der Waals surface area contributed by atoms with Crippen molar-refractivity contribution in [3.05, 3.63) is 0 Å². The van der Waals surface area contributed by atoms with Crippen molar-refractivity contribution in [1.29, 1.82) is 0 Å². The summed E-state index contributed by atoms with van der Waals surface area (Å²) < 4.78 is 5.74. The molecule has 0 saturated carbocycles. The minimum absolute atomic E-state index is 0.654. The van der Waals surface area contributed by atoms with Gasteiger partial charge in [0.1, 0.15) is 0 Å². The molecule has 0 aromatic rings. The Morgan fingerprint density at radius 2 is 2.30 bits per heavy atom. The Morgan fingerprint density at radius 1 is 1.40 bits per heavy atom. The van der Waals surface area contributed by atoms with Crippen LogP contribution in [0.25, 0.3) is 0 Å². The fourth-order valence-corrected chi connectivity index (χ4v) is 2.42. The van der Waals surface area contributed by atoms with Gasteiger partial charge in [0, 0.05) is 0 Å². The lowest BCUT2D eigenvalue weighted by atomic mass is 9.86. The molecule has 0 spiro atoms. The maximum absolute atomic E-state index is 5.74. The van der Waals surface area contributed by atoms with Crippen LogP contribution >= 0.6 is 0 Å². The average molecular weight is 140 g/mol. The van der Waals surface area contributed by atoms with Crippen molar-refractivity contribution < 1.29 is 4.74 Å². The Morgan fingerprint density at radius 3 is 2.80 bits per heavy atom. The zero-order valence-corrected chi connectivity index (χ0v) is 6.68. The monoisotopic (exact) mass is 140 g/mol. The van der Waals surface area contributed by atoms with E-state index in [-0.39, 0.29) is 0 Å². The van der Waals surface area contributed by atoms with E-state index in [9.17, 15) is 0 Å². The van der Waals surface area contributed by atoms with E-state index in [1.807, 2.05) is 0 Å². The van der Waals surface area contributed by atoms with E-state index < -0.39 is 0 Å². The molecule has 2 aliphatic heterocycles. The summed E-state index contributed by atoms with van der Waals surface area (Å²) in [4.78, 5) is 0. The van der Waals surface area contributed by atoms with E-state index >= 15 is 0 Å². The molecule has 0 aromatic carbocycles. The van der Waals surface area contributed by atoms with Gasteiger partial charge in [-0.1, -0.05) is 13.3 Å². The number of ether oxygens (including phenoxy) is 1. The van der Waals surface area contributed by atoms with Gasteiger partial charge in [0.25, 0.3) is 0 Å². The summed E-state index contributed by atoms with van der Waals surface area (Å²) in [5, 5.41) is 0. The molecule has 58 valence electrons. The highest BCUT2D eigenvalue weighted by atomic mass is 16.5. The van der Waals surface area contributed by atoms with Crippen molar-refractivity contribution in [3.8, 4) is 0 Å². The van der Waals surface area contributed by atoms with Crippen molar-refractivity contribution in [2.24, 2.45) is 5.92 Å². The maximum atomic E-state index is 5.74. The molecular formula is C9H16O. The second-order valence-corrected chi connectivity index (χ2v) is 3.66. The van der Waals surface area contributed by atoms with Crippen LogP contribution in [0.2, 0.25) is 0 Å². The summed E-state index contributed by atoms with van der Waals surface area (Å²) in [6, 6.07) is 0. The first-order valence-electron chi connectivity index (χ1n) is 4.55. The molecule has 2 rings (SSSR count). The molecular weight excluding hydrogens is 124 g/mol. The maximum Gasteiger partial charge on any atom is 0.0609 e. The quantitative estimate of drug-likeness (QED) is 0.572. The first-order valence-corrected chi connectivity index (χ1v) is 4.55. The molecule has 0 amide bonds. The average Bonchev–Trinajstić information content (AvgIpc) is 2.48. The van der Waals surface area contributed by atoms with Gasteiger partial charge in [0.05, 0.1) is 12.2 Å². The van der Waals surface area contributed by atoms with E-state index in [0.717, 1.165) is 5.92 Å². The Labute approximate surface area is 62.8 Å². The molecule has 0 N–H and O–H groups in total. The van der Waals surface area contributed by atoms with Gasteiger partial charge < -0.3 is 4.74 Å². The first-order chi connectivity index (χ1) is 4.90. The molecule has 1 nitrogen and oxygen atoms in total. The predicted octanol–water partition coefficient (Wildman–Crippen LogP) is 2.35. The summed E-state index contributed by atoms with van der Waals surface area (Å²) in [5.41, 5.74) is 0. The smallest absolute Gasteiger partial charge is 0.0609 e. The van der Waals surface area contributed by atoms with Crippen LogP contribution in [0.1, 0.15) is 39.0 Å². The number of hydrogen-bond donors (Lipinski definition) is 0. The van der Waals surface area contributed by atoms with Crippen molar-refractivity contribution in [2.45, 2.75) is 51.2 Å². The lowest BCUT2D eigenvalue weighted by Crippen LogP contribution is -2.15. The van der Waals surface area contributed by atoms with Crippen LogP contribution in [0.4, 0.5) is 0 Å². The van der Waals surface area contributed by atoms with Crippen LogP contribution in [0.3, 0.4) is 0 Å². The zero-order valence-electron chi connectivity index (χ0n) is 6.68. The molecule has 0 aromatic heterocycles. The standard InChI is InChI=1S/C9H16O/c1-2-3-7-6-8-4-5-9(7)10-8/h7-9H,2-6H2,1H3/t7-,8+,9-/m1/s1. The Kier molecular flexibility index (Phi) is 1.69. The Balaban J connectivity index is 1.90. The molecule has 0 radical (unpaired) electrons. The molecule has 10 heavy (non-hydrogen) atoms. The van der Waals surface area contributed by atoms with Crippen LogP contribution in [0.5, 0.6) is 0 Å². The summed E-state index contributed by atoms with van der Waals surface area (Å²) >= 11 is 0. The van der Waals surface area contributed by atoms with E-state index in [1.165, 1.54) is 32.1 Å². The highest BCUT2D eigenvalue weighted by Crippen LogP contribution is 2.40. The van der Waals surface area contributed by atoms with Gasteiger partial charge >= 0.3 is 0 Å². The Hall–Kier alpha value is -0.0400. The molecule has 0 aliphatic carbocycles. The lowest BCUT2D eigenvalue weighted by Gasteiger charge is -2.16. The predicted molar refractivity (Wildman–Crippen MR) is 40.9 cm³/mol. The molecule has 2 bridgehead atoms. The van der Waals surface area contributed by atoms with Crippen LogP contribution in [-0.4, -0.2) is 12.2 Å². The van der Waals surface area contributed by atoms with Crippen molar-refractivity contribution in [2.75, 3.05) is 0 Å². The third-order valence-electron chi connectivity index (χ3n) is 2.89. The van der Waals surface area contributed by atoms with Gasteiger partial charge in [-0.15, -0.1) is 0 Å². The van der Waals surface area contributed by atoms with Crippen LogP contribution < -0.4 is 0 Å². The second kappa shape index (κ2) is 2.54. The van der Waals surface area contributed by atoms with E-state index in [1.54, 1.807) is 0 Å². The van der Waals surface area contributed by atoms with Crippen molar-refractivity contribution in [1.82, 2.24) is 0 Å². The van der Waals surface area contributed by atoms with Crippen LogP contribution in [0, 0.1) is 5.92 Å². The van der Waals surface area contributed by atoms with Crippen molar-refractivity contribution >= 4 is 0 Å². The summed E-state index contributed by atoms with van der Waals surface area (Å²) in [7, 11) is 0. The highest BCUT2D eigenvalue weighted by Gasteiger charge is 2.39. The van der Waals surface area contributed by atoms with Gasteiger partial charge in [-0.3, -0.25) is 0 Å². The van der Waals surface area contributed by atoms with E-state index in [2.05, 4.69) is 6.92 Å². The second-order valence-electron chi connectivity index (χ2n) is 3.66. The Bertz CT molecular complexity index is 122. The molecule has 2 aliphatic rings. The minimum atomic E-state index is 0.654. The first kappa shape index (κ1) is 6.66. The largest absolute Gasteiger partial charge is 0.375 e. The lowest BCUT2D eigenvalue weighted by molar-refractivity contribution is 0.0912. The third-order valence-corrected chi connectivity index (χ3v) is 2.89. The fraction of sp³-hybridized carbons (Fsp3) is 1.00. The van der Waals surface area contributed by atoms with Gasteiger partial charge in [-0.25, -0.2) is 0 Å². The molecule has 1 heteroatoms. The highest BCUT2D eigenvalue weighted by molar-refractivity contribution is 4.88. The zero-order chi connectivity index (χ0) is 6.97. The molecule has 2 fully saturated rings. The topological polar surface area (TPSA) is 9.23 Å². The summed E-state index contributed by atoms with van der Waals surface area (Å²) in [6.07, 6.45) is 8.07. The normalized spacial score (nSPS) is 44.7. The SMILES string of the molecule is CCC[C@@H]1C[C@@H]2CC[C@H]1O2.